The third-order valence-electron chi connectivity index (χ3n) is 5.52. The maximum absolute atomic E-state index is 5.80. The Kier molecular flexibility index (Phi) is 6.66. The minimum atomic E-state index is 0.615. The molecule has 19 heavy (non-hydrogen) atoms. The minimum Gasteiger partial charge on any atom is -0.271 e. The molecule has 0 heterocycles. The molecule has 2 nitrogen and oxygen atoms in total. The molecule has 0 spiro atoms. The van der Waals surface area contributed by atoms with E-state index in [2.05, 4.69) is 12.3 Å². The van der Waals surface area contributed by atoms with Gasteiger partial charge in [-0.05, 0) is 37.0 Å². The third-order valence-corrected chi connectivity index (χ3v) is 5.52. The maximum Gasteiger partial charge on any atom is 0.0244 e. The average Bonchev–Trinajstić information content (AvgIpc) is 3.16. The lowest BCUT2D eigenvalue weighted by atomic mass is 10.0. The molecule has 0 amide bonds. The fourth-order valence-corrected chi connectivity index (χ4v) is 4.35. The summed E-state index contributed by atoms with van der Waals surface area (Å²) >= 11 is 0. The highest BCUT2D eigenvalue weighted by Gasteiger charge is 2.53. The van der Waals surface area contributed by atoms with Gasteiger partial charge in [0.2, 0.25) is 0 Å². The van der Waals surface area contributed by atoms with Crippen LogP contribution >= 0.6 is 0 Å². The molecule has 2 aliphatic carbocycles. The molecular formula is C17H34N2. The molecule has 2 rings (SSSR count). The van der Waals surface area contributed by atoms with Gasteiger partial charge in [0, 0.05) is 6.04 Å². The number of nitrogens with two attached hydrogens (primary N) is 1. The molecule has 0 saturated heterocycles. The Hall–Kier alpha value is -0.0800. The predicted octanol–water partition coefficient (Wildman–Crippen LogP) is 4.40. The van der Waals surface area contributed by atoms with E-state index in [0.29, 0.717) is 6.04 Å². The summed E-state index contributed by atoms with van der Waals surface area (Å²) in [4.78, 5) is 0. The van der Waals surface area contributed by atoms with Crippen LogP contribution in [0.3, 0.4) is 0 Å². The van der Waals surface area contributed by atoms with Gasteiger partial charge in [-0.2, -0.15) is 0 Å². The molecule has 0 aliphatic heterocycles. The zero-order valence-electron chi connectivity index (χ0n) is 12.9. The van der Waals surface area contributed by atoms with Crippen molar-refractivity contribution in [2.24, 2.45) is 23.6 Å². The van der Waals surface area contributed by atoms with Crippen LogP contribution in [0.1, 0.15) is 84.0 Å². The first-order chi connectivity index (χ1) is 9.38. The van der Waals surface area contributed by atoms with Crippen molar-refractivity contribution >= 4 is 0 Å². The standard InChI is InChI=1S/C17H34N2/c1-2-3-4-5-6-7-8-13-16(19-18)17-14-11-9-10-12-15(14)17/h14-17,19H,2-13,18H2,1H3. The summed E-state index contributed by atoms with van der Waals surface area (Å²) in [6.45, 7) is 2.28. The van der Waals surface area contributed by atoms with E-state index in [4.69, 9.17) is 5.84 Å². The molecule has 2 saturated carbocycles. The summed E-state index contributed by atoms with van der Waals surface area (Å²) in [7, 11) is 0. The molecule has 0 bridgehead atoms. The van der Waals surface area contributed by atoms with Crippen LogP contribution in [0.2, 0.25) is 0 Å². The van der Waals surface area contributed by atoms with Gasteiger partial charge in [-0.1, -0.05) is 64.7 Å². The largest absolute Gasteiger partial charge is 0.271 e. The van der Waals surface area contributed by atoms with Crippen LogP contribution in [0.15, 0.2) is 0 Å². The first-order valence-electron chi connectivity index (χ1n) is 8.84. The summed E-state index contributed by atoms with van der Waals surface area (Å²) in [5.41, 5.74) is 3.13. The summed E-state index contributed by atoms with van der Waals surface area (Å²) in [5, 5.41) is 0. The van der Waals surface area contributed by atoms with Gasteiger partial charge in [0.1, 0.15) is 0 Å². The van der Waals surface area contributed by atoms with Gasteiger partial charge in [-0.3, -0.25) is 11.3 Å². The molecule has 2 heteroatoms. The van der Waals surface area contributed by atoms with Crippen LogP contribution < -0.4 is 11.3 Å². The molecule has 3 atom stereocenters. The SMILES string of the molecule is CCCCCCCCCC(NN)C1C2CCCCC21. The summed E-state index contributed by atoms with van der Waals surface area (Å²) in [6.07, 6.45) is 17.0. The molecule has 0 radical (unpaired) electrons. The topological polar surface area (TPSA) is 38.0 Å². The number of unbranched alkanes of at least 4 members (excludes halogenated alkanes) is 6. The van der Waals surface area contributed by atoms with E-state index in [1.165, 1.54) is 77.0 Å². The Morgan fingerprint density at radius 1 is 0.947 bits per heavy atom. The van der Waals surface area contributed by atoms with Crippen molar-refractivity contribution in [2.75, 3.05) is 0 Å². The normalized spacial score (nSPS) is 30.9. The molecule has 2 fully saturated rings. The molecule has 0 aromatic carbocycles. The second-order valence-corrected chi connectivity index (χ2v) is 6.87. The molecule has 112 valence electrons. The Morgan fingerprint density at radius 3 is 2.11 bits per heavy atom. The number of nitrogens with one attached hydrogen (secondary N) is 1. The lowest BCUT2D eigenvalue weighted by molar-refractivity contribution is 0.396. The first-order valence-corrected chi connectivity index (χ1v) is 8.84. The fraction of sp³-hybridized carbons (Fsp3) is 1.00. The number of fused-ring (bicyclic) bond motifs is 1. The molecular weight excluding hydrogens is 232 g/mol. The van der Waals surface area contributed by atoms with E-state index in [0.717, 1.165) is 17.8 Å². The highest BCUT2D eigenvalue weighted by atomic mass is 15.2. The van der Waals surface area contributed by atoms with Gasteiger partial charge < -0.3 is 0 Å². The lowest BCUT2D eigenvalue weighted by Crippen LogP contribution is -2.37. The van der Waals surface area contributed by atoms with E-state index in [9.17, 15) is 0 Å². The molecule has 3 unspecified atom stereocenters. The number of hydrogen-bond acceptors (Lipinski definition) is 2. The Bertz CT molecular complexity index is 229. The monoisotopic (exact) mass is 266 g/mol. The second kappa shape index (κ2) is 8.26. The van der Waals surface area contributed by atoms with Crippen molar-refractivity contribution in [3.8, 4) is 0 Å². The highest BCUT2D eigenvalue weighted by molar-refractivity contribution is 5.03. The quantitative estimate of drug-likeness (QED) is 0.349. The van der Waals surface area contributed by atoms with Crippen molar-refractivity contribution in [1.82, 2.24) is 5.43 Å². The van der Waals surface area contributed by atoms with Gasteiger partial charge in [0.15, 0.2) is 0 Å². The number of hydrogen-bond donors (Lipinski definition) is 2. The number of hydrazine groups is 1. The molecule has 0 aromatic rings. The van der Waals surface area contributed by atoms with E-state index in [1.54, 1.807) is 0 Å². The van der Waals surface area contributed by atoms with Crippen molar-refractivity contribution in [3.05, 3.63) is 0 Å². The van der Waals surface area contributed by atoms with E-state index < -0.39 is 0 Å². The van der Waals surface area contributed by atoms with Gasteiger partial charge in [-0.15, -0.1) is 0 Å². The lowest BCUT2D eigenvalue weighted by Gasteiger charge is -2.16. The van der Waals surface area contributed by atoms with Crippen LogP contribution in [0.5, 0.6) is 0 Å². The third kappa shape index (κ3) is 4.46. The van der Waals surface area contributed by atoms with Crippen LogP contribution in [-0.2, 0) is 0 Å². The van der Waals surface area contributed by atoms with Gasteiger partial charge >= 0.3 is 0 Å². The Morgan fingerprint density at radius 2 is 1.53 bits per heavy atom. The van der Waals surface area contributed by atoms with Crippen molar-refractivity contribution in [2.45, 2.75) is 90.0 Å². The van der Waals surface area contributed by atoms with E-state index >= 15 is 0 Å². The van der Waals surface area contributed by atoms with Gasteiger partial charge in [0.05, 0.1) is 0 Å². The van der Waals surface area contributed by atoms with Crippen LogP contribution in [0, 0.1) is 17.8 Å². The summed E-state index contributed by atoms with van der Waals surface area (Å²) in [5.74, 6) is 8.78. The van der Waals surface area contributed by atoms with E-state index in [-0.39, 0.29) is 0 Å². The van der Waals surface area contributed by atoms with Gasteiger partial charge in [-0.25, -0.2) is 0 Å². The summed E-state index contributed by atoms with van der Waals surface area (Å²) < 4.78 is 0. The zero-order valence-corrected chi connectivity index (χ0v) is 12.9. The van der Waals surface area contributed by atoms with Crippen molar-refractivity contribution < 1.29 is 0 Å². The van der Waals surface area contributed by atoms with Crippen LogP contribution in [0.4, 0.5) is 0 Å². The highest BCUT2D eigenvalue weighted by Crippen LogP contribution is 2.57. The maximum atomic E-state index is 5.80. The van der Waals surface area contributed by atoms with Crippen LogP contribution in [0.25, 0.3) is 0 Å². The smallest absolute Gasteiger partial charge is 0.0244 e. The van der Waals surface area contributed by atoms with Crippen molar-refractivity contribution in [1.29, 1.82) is 0 Å². The molecule has 2 aliphatic rings. The first kappa shape index (κ1) is 15.3. The predicted molar refractivity (Wildman–Crippen MR) is 82.7 cm³/mol. The summed E-state index contributed by atoms with van der Waals surface area (Å²) in [6, 6.07) is 0.615. The Labute approximate surface area is 119 Å². The zero-order chi connectivity index (χ0) is 13.5. The molecule has 0 aromatic heterocycles. The minimum absolute atomic E-state index is 0.615. The fourth-order valence-electron chi connectivity index (χ4n) is 4.35. The van der Waals surface area contributed by atoms with Gasteiger partial charge in [0.25, 0.3) is 0 Å². The van der Waals surface area contributed by atoms with E-state index in [1.807, 2.05) is 0 Å². The second-order valence-electron chi connectivity index (χ2n) is 6.87. The number of rotatable bonds is 10. The average molecular weight is 266 g/mol. The van der Waals surface area contributed by atoms with Crippen molar-refractivity contribution in [3.63, 3.8) is 0 Å². The molecule has 3 N–H and O–H groups in total. The van der Waals surface area contributed by atoms with Crippen LogP contribution in [-0.4, -0.2) is 6.04 Å². The Balaban J connectivity index is 1.54.